The van der Waals surface area contributed by atoms with E-state index in [9.17, 15) is 4.79 Å². The largest absolute Gasteiger partial charge is 0.480 e. The normalized spacial score (nSPS) is 11.3. The minimum Gasteiger partial charge on any atom is -0.480 e. The van der Waals surface area contributed by atoms with Crippen LogP contribution in [0.4, 0.5) is 0 Å². The number of aliphatic carboxylic acids is 1. The van der Waals surface area contributed by atoms with E-state index in [-0.39, 0.29) is 13.2 Å². The zero-order valence-corrected chi connectivity index (χ0v) is 18.8. The van der Waals surface area contributed by atoms with Gasteiger partial charge in [-0.15, -0.1) is 0 Å². The van der Waals surface area contributed by atoms with Crippen LogP contribution in [-0.4, -0.2) is 130 Å². The predicted molar refractivity (Wildman–Crippen MR) is 111 cm³/mol. The first kappa shape index (κ1) is 30.1. The molecule has 0 rings (SSSR count). The standard InChI is InChI=1S/C20H40O11/c1-2-23-3-4-24-5-6-25-7-8-26-9-10-27-11-12-28-13-14-29-15-16-30-17-18-31-19-20(21)22/h2-19H2,1H3,(H,21,22). The third-order valence-electron chi connectivity index (χ3n) is 3.41. The second kappa shape index (κ2) is 27.1. The number of hydrogen-bond acceptors (Lipinski definition) is 10. The SMILES string of the molecule is CCOCCOCCOCCOCCOCCOCCOCCOCCOCC(=O)O. The van der Waals surface area contributed by atoms with Gasteiger partial charge in [0.25, 0.3) is 0 Å². The van der Waals surface area contributed by atoms with E-state index in [1.54, 1.807) is 0 Å². The Hall–Kier alpha value is -0.890. The van der Waals surface area contributed by atoms with Crippen LogP contribution in [0.5, 0.6) is 0 Å². The molecule has 0 aliphatic rings. The summed E-state index contributed by atoms with van der Waals surface area (Å²) in [6.07, 6.45) is 0. The third-order valence-corrected chi connectivity index (χ3v) is 3.41. The molecule has 0 saturated carbocycles. The number of carboxylic acids is 1. The van der Waals surface area contributed by atoms with Gasteiger partial charge in [-0.2, -0.15) is 0 Å². The van der Waals surface area contributed by atoms with Gasteiger partial charge in [0.2, 0.25) is 0 Å². The van der Waals surface area contributed by atoms with Crippen LogP contribution in [0.2, 0.25) is 0 Å². The minimum absolute atomic E-state index is 0.249. The van der Waals surface area contributed by atoms with E-state index in [4.69, 9.17) is 47.7 Å². The summed E-state index contributed by atoms with van der Waals surface area (Å²) in [7, 11) is 0. The summed E-state index contributed by atoms with van der Waals surface area (Å²) in [4.78, 5) is 10.2. The monoisotopic (exact) mass is 456 g/mol. The number of ether oxygens (including phenoxy) is 9. The molecule has 0 aromatic heterocycles. The summed E-state index contributed by atoms with van der Waals surface area (Å²) in [6, 6.07) is 0. The maximum absolute atomic E-state index is 10.2. The van der Waals surface area contributed by atoms with Gasteiger partial charge in [-0.25, -0.2) is 4.79 Å². The quantitative estimate of drug-likeness (QED) is 0.171. The highest BCUT2D eigenvalue weighted by molar-refractivity contribution is 5.67. The molecular formula is C20H40O11. The maximum atomic E-state index is 10.2. The minimum atomic E-state index is -0.991. The molecule has 11 nitrogen and oxygen atoms in total. The molecular weight excluding hydrogens is 416 g/mol. The van der Waals surface area contributed by atoms with Gasteiger partial charge in [-0.1, -0.05) is 0 Å². The molecule has 0 spiro atoms. The lowest BCUT2D eigenvalue weighted by molar-refractivity contribution is -0.142. The average molecular weight is 457 g/mol. The Morgan fingerprint density at radius 3 is 0.903 bits per heavy atom. The molecule has 0 radical (unpaired) electrons. The highest BCUT2D eigenvalue weighted by Gasteiger charge is 1.97. The molecule has 0 heterocycles. The third kappa shape index (κ3) is 29.1. The van der Waals surface area contributed by atoms with E-state index in [1.165, 1.54) is 0 Å². The lowest BCUT2D eigenvalue weighted by Gasteiger charge is -2.08. The molecule has 0 amide bonds. The number of hydrogen-bond donors (Lipinski definition) is 1. The highest BCUT2D eigenvalue weighted by atomic mass is 16.6. The van der Waals surface area contributed by atoms with Crippen LogP contribution in [0.1, 0.15) is 6.92 Å². The molecule has 0 bridgehead atoms. The van der Waals surface area contributed by atoms with Crippen LogP contribution < -0.4 is 0 Å². The average Bonchev–Trinajstić information content (AvgIpc) is 2.76. The van der Waals surface area contributed by atoms with Crippen molar-refractivity contribution in [3.8, 4) is 0 Å². The predicted octanol–water partition coefficient (Wildman–Crippen LogP) is 0.240. The van der Waals surface area contributed by atoms with Crippen molar-refractivity contribution < 1.29 is 52.5 Å². The highest BCUT2D eigenvalue weighted by Crippen LogP contribution is 1.86. The molecule has 0 fully saturated rings. The smallest absolute Gasteiger partial charge is 0.329 e. The Morgan fingerprint density at radius 1 is 0.452 bits per heavy atom. The van der Waals surface area contributed by atoms with E-state index < -0.39 is 5.97 Å². The number of carbonyl (C=O) groups is 1. The van der Waals surface area contributed by atoms with Crippen molar-refractivity contribution in [2.45, 2.75) is 6.92 Å². The van der Waals surface area contributed by atoms with Gasteiger partial charge in [0.1, 0.15) is 6.61 Å². The van der Waals surface area contributed by atoms with Crippen molar-refractivity contribution in [2.24, 2.45) is 0 Å². The molecule has 1 N–H and O–H groups in total. The molecule has 0 atom stereocenters. The van der Waals surface area contributed by atoms with Gasteiger partial charge in [-0.3, -0.25) is 0 Å². The van der Waals surface area contributed by atoms with Gasteiger partial charge >= 0.3 is 5.97 Å². The summed E-state index contributed by atoms with van der Waals surface area (Å²) in [5.74, 6) is -0.991. The molecule has 0 aliphatic heterocycles. The maximum Gasteiger partial charge on any atom is 0.329 e. The second-order valence-corrected chi connectivity index (χ2v) is 5.93. The first-order valence-electron chi connectivity index (χ1n) is 10.7. The van der Waals surface area contributed by atoms with Crippen LogP contribution in [0.15, 0.2) is 0 Å². The first-order valence-corrected chi connectivity index (χ1v) is 10.7. The Kier molecular flexibility index (Phi) is 26.4. The van der Waals surface area contributed by atoms with E-state index in [2.05, 4.69) is 0 Å². The van der Waals surface area contributed by atoms with Gasteiger partial charge in [0.15, 0.2) is 0 Å². The Morgan fingerprint density at radius 2 is 0.677 bits per heavy atom. The van der Waals surface area contributed by atoms with Gasteiger partial charge in [0.05, 0.1) is 106 Å². The van der Waals surface area contributed by atoms with Crippen molar-refractivity contribution >= 4 is 5.97 Å². The zero-order valence-electron chi connectivity index (χ0n) is 18.8. The van der Waals surface area contributed by atoms with E-state index in [0.717, 1.165) is 0 Å². The summed E-state index contributed by atoms with van der Waals surface area (Å²) < 4.78 is 47.4. The molecule has 0 saturated heterocycles. The molecule has 0 aromatic rings. The Labute approximate surface area is 185 Å². The van der Waals surface area contributed by atoms with E-state index >= 15 is 0 Å². The fourth-order valence-corrected chi connectivity index (χ4v) is 1.96. The molecule has 0 aliphatic carbocycles. The fourth-order valence-electron chi connectivity index (χ4n) is 1.96. The lowest BCUT2D eigenvalue weighted by Crippen LogP contribution is -2.15. The van der Waals surface area contributed by atoms with Crippen molar-refractivity contribution in [3.05, 3.63) is 0 Å². The van der Waals surface area contributed by atoms with Crippen molar-refractivity contribution in [1.82, 2.24) is 0 Å². The molecule has 31 heavy (non-hydrogen) atoms. The van der Waals surface area contributed by atoms with Crippen LogP contribution >= 0.6 is 0 Å². The Bertz CT molecular complexity index is 358. The van der Waals surface area contributed by atoms with Crippen molar-refractivity contribution in [3.63, 3.8) is 0 Å². The molecule has 0 aromatic carbocycles. The second-order valence-electron chi connectivity index (χ2n) is 5.93. The number of rotatable bonds is 27. The summed E-state index contributed by atoms with van der Waals surface area (Å²) in [6.45, 7) is 10.1. The van der Waals surface area contributed by atoms with Crippen LogP contribution in [-0.2, 0) is 47.4 Å². The van der Waals surface area contributed by atoms with Crippen molar-refractivity contribution in [2.75, 3.05) is 119 Å². The molecule has 11 heteroatoms. The first-order chi connectivity index (χ1) is 15.3. The summed E-state index contributed by atoms with van der Waals surface area (Å²) in [5, 5.41) is 8.38. The Balaban J connectivity index is 3.00. The fraction of sp³-hybridized carbons (Fsp3) is 0.950. The summed E-state index contributed by atoms with van der Waals surface area (Å²) >= 11 is 0. The molecule has 186 valence electrons. The van der Waals surface area contributed by atoms with E-state index in [0.29, 0.717) is 106 Å². The summed E-state index contributed by atoms with van der Waals surface area (Å²) in [5.41, 5.74) is 0. The topological polar surface area (TPSA) is 120 Å². The number of carboxylic acid groups (broad SMARTS) is 1. The zero-order chi connectivity index (χ0) is 22.7. The van der Waals surface area contributed by atoms with E-state index in [1.807, 2.05) is 6.92 Å². The lowest BCUT2D eigenvalue weighted by atomic mass is 10.6. The van der Waals surface area contributed by atoms with Crippen molar-refractivity contribution in [1.29, 1.82) is 0 Å². The van der Waals surface area contributed by atoms with Crippen LogP contribution in [0.25, 0.3) is 0 Å². The van der Waals surface area contributed by atoms with Crippen LogP contribution in [0.3, 0.4) is 0 Å². The van der Waals surface area contributed by atoms with Crippen LogP contribution in [0, 0.1) is 0 Å². The van der Waals surface area contributed by atoms with Gasteiger partial charge in [0, 0.05) is 6.61 Å². The molecule has 0 unspecified atom stereocenters. The van der Waals surface area contributed by atoms with Gasteiger partial charge in [-0.05, 0) is 6.92 Å². The van der Waals surface area contributed by atoms with Gasteiger partial charge < -0.3 is 47.7 Å².